The van der Waals surface area contributed by atoms with Gasteiger partial charge in [-0.05, 0) is 45.6 Å². The summed E-state index contributed by atoms with van der Waals surface area (Å²) in [5, 5.41) is 3.67. The van der Waals surface area contributed by atoms with E-state index < -0.39 is 0 Å². The van der Waals surface area contributed by atoms with Gasteiger partial charge in [0.15, 0.2) is 0 Å². The van der Waals surface area contributed by atoms with E-state index in [9.17, 15) is 4.79 Å². The maximum absolute atomic E-state index is 12.4. The van der Waals surface area contributed by atoms with E-state index in [1.807, 2.05) is 25.3 Å². The monoisotopic (exact) mass is 283 g/mol. The van der Waals surface area contributed by atoms with Gasteiger partial charge in [0.05, 0.1) is 10.6 Å². The van der Waals surface area contributed by atoms with Crippen molar-refractivity contribution in [3.05, 3.63) is 23.0 Å². The quantitative estimate of drug-likeness (QED) is 0.872. The molecule has 1 unspecified atom stereocenters. The molecule has 0 radical (unpaired) electrons. The van der Waals surface area contributed by atoms with Crippen LogP contribution >= 0.6 is 11.6 Å². The molecule has 3 N–H and O–H groups in total. The lowest BCUT2D eigenvalue weighted by Crippen LogP contribution is -2.53. The zero-order valence-corrected chi connectivity index (χ0v) is 12.5. The van der Waals surface area contributed by atoms with E-state index in [-0.39, 0.29) is 17.5 Å². The van der Waals surface area contributed by atoms with E-state index in [1.165, 1.54) is 0 Å². The third-order valence-electron chi connectivity index (χ3n) is 3.91. The second-order valence-electron chi connectivity index (χ2n) is 5.89. The van der Waals surface area contributed by atoms with Gasteiger partial charge in [-0.3, -0.25) is 4.79 Å². The number of nitrogens with one attached hydrogen (secondary N) is 1. The van der Waals surface area contributed by atoms with E-state index in [1.54, 1.807) is 12.3 Å². The fraction of sp³-hybridized carbons (Fsp3) is 0.643. The lowest BCUT2D eigenvalue weighted by Gasteiger charge is -2.29. The van der Waals surface area contributed by atoms with Gasteiger partial charge in [0, 0.05) is 18.8 Å². The number of halogens is 1. The van der Waals surface area contributed by atoms with Gasteiger partial charge in [0.25, 0.3) is 5.91 Å². The molecule has 1 aliphatic rings. The average molecular weight is 284 g/mol. The van der Waals surface area contributed by atoms with Crippen molar-refractivity contribution in [2.24, 2.45) is 11.7 Å². The number of nitrogens with two attached hydrogens (primary N) is 1. The van der Waals surface area contributed by atoms with Crippen molar-refractivity contribution in [2.75, 3.05) is 6.54 Å². The number of carbonyl (C=O) groups excluding carboxylic acids is 1. The van der Waals surface area contributed by atoms with Crippen LogP contribution in [0.2, 0.25) is 5.02 Å². The number of amides is 1. The zero-order chi connectivity index (χ0) is 14.2. The second-order valence-corrected chi connectivity index (χ2v) is 6.33. The molecule has 106 valence electrons. The van der Waals surface area contributed by atoms with Crippen molar-refractivity contribution in [2.45, 2.75) is 45.2 Å². The summed E-state index contributed by atoms with van der Waals surface area (Å²) in [7, 11) is 0. The Hall–Kier alpha value is -1.00. The van der Waals surface area contributed by atoms with Crippen LogP contribution in [0.4, 0.5) is 0 Å². The second kappa shape index (κ2) is 5.17. The van der Waals surface area contributed by atoms with Gasteiger partial charge >= 0.3 is 0 Å². The summed E-state index contributed by atoms with van der Waals surface area (Å²) in [5.74, 6) is 0.403. The molecule has 0 bridgehead atoms. The Morgan fingerprint density at radius 3 is 2.74 bits per heavy atom. The van der Waals surface area contributed by atoms with E-state index >= 15 is 0 Å². The minimum Gasteiger partial charge on any atom is -0.344 e. The van der Waals surface area contributed by atoms with Crippen molar-refractivity contribution >= 4 is 17.5 Å². The van der Waals surface area contributed by atoms with Gasteiger partial charge in [0.1, 0.15) is 5.69 Å². The Balaban J connectivity index is 2.20. The fourth-order valence-electron chi connectivity index (χ4n) is 2.42. The van der Waals surface area contributed by atoms with Crippen LogP contribution in [0.25, 0.3) is 0 Å². The molecular formula is C14H22ClN3O. The molecule has 0 spiro atoms. The summed E-state index contributed by atoms with van der Waals surface area (Å²) in [5.41, 5.74) is 6.12. The summed E-state index contributed by atoms with van der Waals surface area (Å²) in [4.78, 5) is 12.4. The van der Waals surface area contributed by atoms with Crippen LogP contribution in [-0.4, -0.2) is 22.6 Å². The highest BCUT2D eigenvalue weighted by atomic mass is 35.5. The van der Waals surface area contributed by atoms with Gasteiger partial charge in [-0.2, -0.15) is 0 Å². The van der Waals surface area contributed by atoms with Gasteiger partial charge < -0.3 is 15.6 Å². The fourth-order valence-corrected chi connectivity index (χ4v) is 2.63. The molecule has 1 amide bonds. The molecule has 0 aliphatic heterocycles. The summed E-state index contributed by atoms with van der Waals surface area (Å²) in [6, 6.07) is 1.90. The lowest BCUT2D eigenvalue weighted by atomic mass is 9.96. The number of carbonyl (C=O) groups is 1. The maximum atomic E-state index is 12.4. The van der Waals surface area contributed by atoms with Crippen LogP contribution in [0.5, 0.6) is 0 Å². The smallest absolute Gasteiger partial charge is 0.268 e. The highest BCUT2D eigenvalue weighted by molar-refractivity contribution is 6.31. The molecule has 5 heteroatoms. The van der Waals surface area contributed by atoms with E-state index in [4.69, 9.17) is 17.3 Å². The Morgan fingerprint density at radius 2 is 2.26 bits per heavy atom. The van der Waals surface area contributed by atoms with Crippen LogP contribution in [-0.2, 0) is 0 Å². The van der Waals surface area contributed by atoms with Crippen molar-refractivity contribution in [3.8, 4) is 0 Å². The van der Waals surface area contributed by atoms with Crippen LogP contribution in [0.15, 0.2) is 12.3 Å². The normalized spacial score (nSPS) is 18.4. The molecule has 1 aliphatic carbocycles. The zero-order valence-electron chi connectivity index (χ0n) is 11.7. The first kappa shape index (κ1) is 14.4. The molecule has 1 fully saturated rings. The van der Waals surface area contributed by atoms with Gasteiger partial charge in [-0.25, -0.2) is 0 Å². The first-order valence-electron chi connectivity index (χ1n) is 6.77. The van der Waals surface area contributed by atoms with E-state index in [0.29, 0.717) is 23.2 Å². The van der Waals surface area contributed by atoms with E-state index in [2.05, 4.69) is 5.32 Å². The van der Waals surface area contributed by atoms with E-state index in [0.717, 1.165) is 12.8 Å². The molecule has 0 aromatic carbocycles. The third-order valence-corrected chi connectivity index (χ3v) is 4.11. The predicted octanol–water partition coefficient (Wildman–Crippen LogP) is 2.58. The topological polar surface area (TPSA) is 60.0 Å². The molecule has 0 saturated heterocycles. The largest absolute Gasteiger partial charge is 0.344 e. The Morgan fingerprint density at radius 1 is 1.63 bits per heavy atom. The Bertz CT molecular complexity index is 479. The number of rotatable bonds is 5. The molecule has 1 heterocycles. The average Bonchev–Trinajstić information content (AvgIpc) is 3.12. The molecule has 2 rings (SSSR count). The molecule has 1 aromatic heterocycles. The van der Waals surface area contributed by atoms with Gasteiger partial charge in [-0.15, -0.1) is 0 Å². The van der Waals surface area contributed by atoms with Crippen molar-refractivity contribution < 1.29 is 4.79 Å². The Kier molecular flexibility index (Phi) is 3.92. The summed E-state index contributed by atoms with van der Waals surface area (Å²) in [6.45, 7) is 6.53. The van der Waals surface area contributed by atoms with Crippen molar-refractivity contribution in [1.82, 2.24) is 9.88 Å². The SMILES string of the molecule is CC(C)n1cc(Cl)cc1C(=O)NC(C)(CN)C1CC1. The van der Waals surface area contributed by atoms with Crippen LogP contribution in [0.1, 0.15) is 50.1 Å². The third kappa shape index (κ3) is 2.95. The van der Waals surface area contributed by atoms with Crippen LogP contribution in [0, 0.1) is 5.92 Å². The lowest BCUT2D eigenvalue weighted by molar-refractivity contribution is 0.0886. The molecular weight excluding hydrogens is 262 g/mol. The minimum atomic E-state index is -0.310. The van der Waals surface area contributed by atoms with Crippen LogP contribution in [0.3, 0.4) is 0 Å². The first-order chi connectivity index (χ1) is 8.87. The predicted molar refractivity (Wildman–Crippen MR) is 77.5 cm³/mol. The number of hydrogen-bond acceptors (Lipinski definition) is 2. The molecule has 19 heavy (non-hydrogen) atoms. The Labute approximate surface area is 119 Å². The number of aromatic nitrogens is 1. The van der Waals surface area contributed by atoms with Crippen molar-refractivity contribution in [1.29, 1.82) is 0 Å². The van der Waals surface area contributed by atoms with Crippen LogP contribution < -0.4 is 11.1 Å². The van der Waals surface area contributed by atoms with Crippen molar-refractivity contribution in [3.63, 3.8) is 0 Å². The molecule has 1 aromatic rings. The summed E-state index contributed by atoms with van der Waals surface area (Å²) < 4.78 is 1.89. The maximum Gasteiger partial charge on any atom is 0.268 e. The molecule has 4 nitrogen and oxygen atoms in total. The first-order valence-corrected chi connectivity index (χ1v) is 7.15. The number of nitrogens with zero attached hydrogens (tertiary/aromatic N) is 1. The van der Waals surface area contributed by atoms with Gasteiger partial charge in [0.2, 0.25) is 0 Å². The minimum absolute atomic E-state index is 0.0968. The molecule has 1 atom stereocenters. The summed E-state index contributed by atoms with van der Waals surface area (Å²) in [6.07, 6.45) is 4.07. The van der Waals surface area contributed by atoms with Gasteiger partial charge in [-0.1, -0.05) is 11.6 Å². The highest BCUT2D eigenvalue weighted by Crippen LogP contribution is 2.39. The standard InChI is InChI=1S/C14H22ClN3O/c1-9(2)18-7-11(15)6-12(18)13(19)17-14(3,8-16)10-4-5-10/h6-7,9-10H,4-5,8,16H2,1-3H3,(H,17,19). The number of hydrogen-bond donors (Lipinski definition) is 2. The highest BCUT2D eigenvalue weighted by Gasteiger charge is 2.42. The summed E-state index contributed by atoms with van der Waals surface area (Å²) >= 11 is 6.01. The molecule has 1 saturated carbocycles.